The molecular weight excluding hydrogens is 178 g/mol. The predicted octanol–water partition coefficient (Wildman–Crippen LogP) is 0.619. The molecule has 0 saturated carbocycles. The molecule has 1 aromatic rings. The van der Waals surface area contributed by atoms with Crippen LogP contribution in [0.5, 0.6) is 0 Å². The van der Waals surface area contributed by atoms with Gasteiger partial charge in [-0.15, -0.1) is 0 Å². The second-order valence-corrected chi connectivity index (χ2v) is 3.34. The highest BCUT2D eigenvalue weighted by Gasteiger charge is 2.18. The molecule has 1 aromatic carbocycles. The zero-order valence-corrected chi connectivity index (χ0v) is 7.86. The number of anilines is 1. The maximum absolute atomic E-state index is 11.8. The van der Waals surface area contributed by atoms with E-state index in [1.165, 1.54) is 0 Å². The number of nitrogens with one attached hydrogen (secondary N) is 1. The summed E-state index contributed by atoms with van der Waals surface area (Å²) in [6.45, 7) is 1.64. The molecule has 1 fully saturated rings. The summed E-state index contributed by atoms with van der Waals surface area (Å²) in [4.78, 5) is 11.8. The van der Waals surface area contributed by atoms with Crippen molar-refractivity contribution in [2.45, 2.75) is 6.42 Å². The van der Waals surface area contributed by atoms with Gasteiger partial charge < -0.3 is 5.73 Å². The van der Waals surface area contributed by atoms with E-state index in [0.29, 0.717) is 11.3 Å². The molecule has 0 aliphatic carbocycles. The van der Waals surface area contributed by atoms with E-state index in [-0.39, 0.29) is 5.91 Å². The monoisotopic (exact) mass is 191 g/mol. The lowest BCUT2D eigenvalue weighted by Gasteiger charge is -2.15. The van der Waals surface area contributed by atoms with Crippen molar-refractivity contribution in [1.82, 2.24) is 10.4 Å². The summed E-state index contributed by atoms with van der Waals surface area (Å²) in [5, 5.41) is 1.63. The van der Waals surface area contributed by atoms with Crippen molar-refractivity contribution in [3.8, 4) is 0 Å². The van der Waals surface area contributed by atoms with Crippen LogP contribution in [0.1, 0.15) is 16.8 Å². The lowest BCUT2D eigenvalue weighted by molar-refractivity contribution is 0.0726. The summed E-state index contributed by atoms with van der Waals surface area (Å²) in [7, 11) is 0. The van der Waals surface area contributed by atoms with Crippen molar-refractivity contribution >= 4 is 11.6 Å². The van der Waals surface area contributed by atoms with Crippen molar-refractivity contribution < 1.29 is 4.79 Å². The van der Waals surface area contributed by atoms with Crippen LogP contribution in [0.25, 0.3) is 0 Å². The molecule has 4 heteroatoms. The molecule has 0 bridgehead atoms. The number of hydrogen-bond donors (Lipinski definition) is 2. The third kappa shape index (κ3) is 1.70. The fourth-order valence-corrected chi connectivity index (χ4v) is 1.53. The van der Waals surface area contributed by atoms with Crippen LogP contribution in [0.3, 0.4) is 0 Å². The van der Waals surface area contributed by atoms with E-state index in [1.807, 2.05) is 0 Å². The van der Waals surface area contributed by atoms with Gasteiger partial charge in [0, 0.05) is 24.3 Å². The zero-order chi connectivity index (χ0) is 9.97. The highest BCUT2D eigenvalue weighted by molar-refractivity contribution is 5.94. The maximum atomic E-state index is 11.8. The Kier molecular flexibility index (Phi) is 2.37. The van der Waals surface area contributed by atoms with Crippen LogP contribution in [0.2, 0.25) is 0 Å². The van der Waals surface area contributed by atoms with Gasteiger partial charge in [0.2, 0.25) is 0 Å². The van der Waals surface area contributed by atoms with Crippen molar-refractivity contribution in [1.29, 1.82) is 0 Å². The Morgan fingerprint density at radius 1 is 1.50 bits per heavy atom. The van der Waals surface area contributed by atoms with Crippen LogP contribution in [0.4, 0.5) is 5.69 Å². The Bertz CT molecular complexity index is 345. The molecular formula is C10H13N3O. The van der Waals surface area contributed by atoms with Gasteiger partial charge in [0.1, 0.15) is 0 Å². The molecule has 14 heavy (non-hydrogen) atoms. The molecule has 0 spiro atoms. The molecule has 1 heterocycles. The maximum Gasteiger partial charge on any atom is 0.268 e. The van der Waals surface area contributed by atoms with Gasteiger partial charge in [-0.05, 0) is 24.6 Å². The molecule has 1 aliphatic heterocycles. The summed E-state index contributed by atoms with van der Waals surface area (Å²) in [6, 6.07) is 7.04. The van der Waals surface area contributed by atoms with Gasteiger partial charge in [-0.25, -0.2) is 5.43 Å². The first-order valence-corrected chi connectivity index (χ1v) is 4.68. The van der Waals surface area contributed by atoms with Gasteiger partial charge in [0.05, 0.1) is 0 Å². The Morgan fingerprint density at radius 2 is 2.36 bits per heavy atom. The number of benzene rings is 1. The summed E-state index contributed by atoms with van der Waals surface area (Å²) in [5.41, 5.74) is 9.88. The SMILES string of the molecule is Nc1cccc(C(=O)N2CCCN2)c1. The lowest BCUT2D eigenvalue weighted by atomic mass is 10.2. The van der Waals surface area contributed by atoms with E-state index in [0.717, 1.165) is 19.5 Å². The van der Waals surface area contributed by atoms with E-state index in [2.05, 4.69) is 5.43 Å². The molecule has 4 nitrogen and oxygen atoms in total. The number of nitrogen functional groups attached to an aromatic ring is 1. The van der Waals surface area contributed by atoms with Gasteiger partial charge in [-0.3, -0.25) is 9.80 Å². The Morgan fingerprint density at radius 3 is 3.00 bits per heavy atom. The van der Waals surface area contributed by atoms with Gasteiger partial charge in [0.25, 0.3) is 5.91 Å². The average Bonchev–Trinajstić information content (AvgIpc) is 2.69. The minimum absolute atomic E-state index is 0.00481. The Hall–Kier alpha value is -1.55. The van der Waals surface area contributed by atoms with Crippen LogP contribution in [0, 0.1) is 0 Å². The topological polar surface area (TPSA) is 58.4 Å². The van der Waals surface area contributed by atoms with Crippen LogP contribution >= 0.6 is 0 Å². The predicted molar refractivity (Wildman–Crippen MR) is 54.5 cm³/mol. The first kappa shape index (κ1) is 9.02. The second kappa shape index (κ2) is 3.67. The van der Waals surface area contributed by atoms with Crippen LogP contribution < -0.4 is 11.2 Å². The van der Waals surface area contributed by atoms with Crippen LogP contribution in [0.15, 0.2) is 24.3 Å². The van der Waals surface area contributed by atoms with Crippen molar-refractivity contribution in [3.05, 3.63) is 29.8 Å². The number of hydrogen-bond acceptors (Lipinski definition) is 3. The third-order valence-corrected chi connectivity index (χ3v) is 2.24. The zero-order valence-electron chi connectivity index (χ0n) is 7.86. The quantitative estimate of drug-likeness (QED) is 0.640. The average molecular weight is 191 g/mol. The van der Waals surface area contributed by atoms with Crippen LogP contribution in [-0.4, -0.2) is 24.0 Å². The molecule has 3 N–H and O–H groups in total. The number of rotatable bonds is 1. The van der Waals surface area contributed by atoms with Crippen LogP contribution in [-0.2, 0) is 0 Å². The fraction of sp³-hybridized carbons (Fsp3) is 0.300. The van der Waals surface area contributed by atoms with E-state index in [1.54, 1.807) is 29.3 Å². The molecule has 0 aromatic heterocycles. The summed E-state index contributed by atoms with van der Waals surface area (Å²) in [6.07, 6.45) is 1.01. The molecule has 2 rings (SSSR count). The number of nitrogens with two attached hydrogens (primary N) is 1. The number of carbonyl (C=O) groups excluding carboxylic acids is 1. The number of nitrogens with zero attached hydrogens (tertiary/aromatic N) is 1. The number of amides is 1. The van der Waals surface area contributed by atoms with Gasteiger partial charge >= 0.3 is 0 Å². The van der Waals surface area contributed by atoms with Crippen molar-refractivity contribution in [3.63, 3.8) is 0 Å². The molecule has 0 unspecified atom stereocenters. The molecule has 1 saturated heterocycles. The number of hydrazine groups is 1. The van der Waals surface area contributed by atoms with Crippen molar-refractivity contribution in [2.24, 2.45) is 0 Å². The van der Waals surface area contributed by atoms with Gasteiger partial charge in [0.15, 0.2) is 0 Å². The molecule has 0 radical (unpaired) electrons. The Balaban J connectivity index is 2.17. The first-order valence-electron chi connectivity index (χ1n) is 4.68. The number of carbonyl (C=O) groups is 1. The van der Waals surface area contributed by atoms with E-state index in [4.69, 9.17) is 5.73 Å². The minimum atomic E-state index is -0.00481. The van der Waals surface area contributed by atoms with Crippen molar-refractivity contribution in [2.75, 3.05) is 18.8 Å². The summed E-state index contributed by atoms with van der Waals surface area (Å²) < 4.78 is 0. The highest BCUT2D eigenvalue weighted by atomic mass is 16.2. The van der Waals surface area contributed by atoms with E-state index < -0.39 is 0 Å². The smallest absolute Gasteiger partial charge is 0.268 e. The first-order chi connectivity index (χ1) is 6.77. The molecule has 74 valence electrons. The fourth-order valence-electron chi connectivity index (χ4n) is 1.53. The largest absolute Gasteiger partial charge is 0.399 e. The summed E-state index contributed by atoms with van der Waals surface area (Å²) in [5.74, 6) is -0.00481. The summed E-state index contributed by atoms with van der Waals surface area (Å²) >= 11 is 0. The van der Waals surface area contributed by atoms with Gasteiger partial charge in [-0.2, -0.15) is 0 Å². The van der Waals surface area contributed by atoms with E-state index in [9.17, 15) is 4.79 Å². The standard InChI is InChI=1S/C10H13N3O/c11-9-4-1-3-8(7-9)10(14)13-6-2-5-12-13/h1,3-4,7,12H,2,5-6,11H2. The van der Waals surface area contributed by atoms with E-state index >= 15 is 0 Å². The highest BCUT2D eigenvalue weighted by Crippen LogP contribution is 2.10. The lowest BCUT2D eigenvalue weighted by Crippen LogP contribution is -2.36. The molecule has 1 amide bonds. The van der Waals surface area contributed by atoms with Gasteiger partial charge in [-0.1, -0.05) is 6.07 Å². The third-order valence-electron chi connectivity index (χ3n) is 2.24. The molecule has 0 atom stereocenters. The minimum Gasteiger partial charge on any atom is -0.399 e. The normalized spacial score (nSPS) is 15.9. The molecule has 1 aliphatic rings. The Labute approximate surface area is 82.7 Å². The second-order valence-electron chi connectivity index (χ2n) is 3.34.